The molecule has 6 nitrogen and oxygen atoms in total. The number of carbonyl (C=O) groups is 2. The van der Waals surface area contributed by atoms with E-state index in [0.717, 1.165) is 12.1 Å². The standard InChI is InChI=1S/C19H24N4O2.2ClH/c1-2-20-11-12-22-19(25)17(13-15-7-6-10-21-14-15)23-18(24)16-8-4-3-5-9-16;;/h3-10,14,17,20H,2,11-13H2,1H3,(H,22,25)(H,23,24);2*1H. The van der Waals surface area contributed by atoms with Crippen molar-refractivity contribution in [3.63, 3.8) is 0 Å². The van der Waals surface area contributed by atoms with Gasteiger partial charge < -0.3 is 16.0 Å². The molecule has 148 valence electrons. The lowest BCUT2D eigenvalue weighted by Gasteiger charge is -2.18. The van der Waals surface area contributed by atoms with E-state index in [0.29, 0.717) is 25.1 Å². The summed E-state index contributed by atoms with van der Waals surface area (Å²) in [5.41, 5.74) is 1.42. The summed E-state index contributed by atoms with van der Waals surface area (Å²) in [6.07, 6.45) is 3.77. The summed E-state index contributed by atoms with van der Waals surface area (Å²) < 4.78 is 0. The van der Waals surface area contributed by atoms with Crippen molar-refractivity contribution >= 4 is 36.6 Å². The number of hydrogen-bond acceptors (Lipinski definition) is 4. The number of rotatable bonds is 9. The molecule has 27 heavy (non-hydrogen) atoms. The fraction of sp³-hybridized carbons (Fsp3) is 0.316. The second-order valence-electron chi connectivity index (χ2n) is 5.60. The van der Waals surface area contributed by atoms with Crippen molar-refractivity contribution in [1.82, 2.24) is 20.9 Å². The van der Waals surface area contributed by atoms with Crippen LogP contribution in [-0.4, -0.2) is 42.5 Å². The van der Waals surface area contributed by atoms with Crippen LogP contribution >= 0.6 is 24.8 Å². The fourth-order valence-electron chi connectivity index (χ4n) is 2.37. The van der Waals surface area contributed by atoms with E-state index in [4.69, 9.17) is 0 Å². The number of hydrogen-bond donors (Lipinski definition) is 3. The monoisotopic (exact) mass is 412 g/mol. The van der Waals surface area contributed by atoms with E-state index in [-0.39, 0.29) is 36.6 Å². The number of carbonyl (C=O) groups excluding carboxylic acids is 2. The van der Waals surface area contributed by atoms with Gasteiger partial charge in [0.2, 0.25) is 5.91 Å². The second-order valence-corrected chi connectivity index (χ2v) is 5.60. The van der Waals surface area contributed by atoms with E-state index in [1.807, 2.05) is 25.1 Å². The molecule has 0 spiro atoms. The molecule has 1 aromatic heterocycles. The molecule has 2 rings (SSSR count). The Morgan fingerprint density at radius 2 is 1.78 bits per heavy atom. The summed E-state index contributed by atoms with van der Waals surface area (Å²) in [7, 11) is 0. The molecule has 1 unspecified atom stereocenters. The van der Waals surface area contributed by atoms with E-state index >= 15 is 0 Å². The summed E-state index contributed by atoms with van der Waals surface area (Å²) in [6.45, 7) is 4.05. The highest BCUT2D eigenvalue weighted by Gasteiger charge is 2.21. The topological polar surface area (TPSA) is 83.1 Å². The quantitative estimate of drug-likeness (QED) is 0.549. The number of nitrogens with zero attached hydrogens (tertiary/aromatic N) is 1. The molecule has 1 aromatic carbocycles. The van der Waals surface area contributed by atoms with Crippen LogP contribution < -0.4 is 16.0 Å². The van der Waals surface area contributed by atoms with E-state index < -0.39 is 6.04 Å². The second kappa shape index (κ2) is 14.0. The maximum atomic E-state index is 12.5. The molecule has 0 radical (unpaired) electrons. The number of pyridine rings is 1. The van der Waals surface area contributed by atoms with E-state index in [1.165, 1.54) is 0 Å². The third-order valence-electron chi connectivity index (χ3n) is 3.67. The van der Waals surface area contributed by atoms with Crippen molar-refractivity contribution in [3.05, 3.63) is 66.0 Å². The number of benzene rings is 1. The Morgan fingerprint density at radius 1 is 1.04 bits per heavy atom. The molecule has 0 aliphatic heterocycles. The third-order valence-corrected chi connectivity index (χ3v) is 3.67. The molecule has 0 saturated carbocycles. The highest BCUT2D eigenvalue weighted by Crippen LogP contribution is 2.04. The molecule has 0 aliphatic rings. The minimum absolute atomic E-state index is 0. The van der Waals surface area contributed by atoms with E-state index in [9.17, 15) is 9.59 Å². The van der Waals surface area contributed by atoms with Crippen LogP contribution in [0, 0.1) is 0 Å². The van der Waals surface area contributed by atoms with Gasteiger partial charge in [-0.3, -0.25) is 14.6 Å². The molecule has 2 aromatic rings. The first-order chi connectivity index (χ1) is 12.2. The highest BCUT2D eigenvalue weighted by molar-refractivity contribution is 5.97. The maximum Gasteiger partial charge on any atom is 0.251 e. The smallest absolute Gasteiger partial charge is 0.251 e. The van der Waals surface area contributed by atoms with Crippen LogP contribution in [0.3, 0.4) is 0 Å². The van der Waals surface area contributed by atoms with Crippen molar-refractivity contribution in [2.75, 3.05) is 19.6 Å². The molecule has 1 atom stereocenters. The molecule has 0 saturated heterocycles. The zero-order valence-corrected chi connectivity index (χ0v) is 16.8. The average molecular weight is 413 g/mol. The van der Waals surface area contributed by atoms with Crippen molar-refractivity contribution in [2.45, 2.75) is 19.4 Å². The Hall–Kier alpha value is -2.15. The van der Waals surface area contributed by atoms with Crippen molar-refractivity contribution in [1.29, 1.82) is 0 Å². The zero-order valence-electron chi connectivity index (χ0n) is 15.2. The van der Waals surface area contributed by atoms with Gasteiger partial charge in [0.25, 0.3) is 5.91 Å². The first kappa shape index (κ1) is 24.8. The van der Waals surface area contributed by atoms with Gasteiger partial charge in [-0.05, 0) is 30.3 Å². The van der Waals surface area contributed by atoms with Crippen LogP contribution in [0.2, 0.25) is 0 Å². The van der Waals surface area contributed by atoms with Crippen LogP contribution in [0.15, 0.2) is 54.9 Å². The van der Waals surface area contributed by atoms with Crippen LogP contribution in [0.1, 0.15) is 22.8 Å². The Labute approximate surface area is 172 Å². The minimum Gasteiger partial charge on any atom is -0.353 e. The van der Waals surface area contributed by atoms with E-state index in [1.54, 1.807) is 36.7 Å². The van der Waals surface area contributed by atoms with Crippen LogP contribution in [0.4, 0.5) is 0 Å². The summed E-state index contributed by atoms with van der Waals surface area (Å²) in [5.74, 6) is -0.470. The van der Waals surface area contributed by atoms with Gasteiger partial charge in [0.05, 0.1) is 0 Å². The molecular formula is C19H26Cl2N4O2. The Balaban J connectivity index is 0.00000338. The number of amides is 2. The lowest BCUT2D eigenvalue weighted by atomic mass is 10.1. The third kappa shape index (κ3) is 8.86. The molecule has 0 fully saturated rings. The lowest BCUT2D eigenvalue weighted by molar-refractivity contribution is -0.122. The van der Waals surface area contributed by atoms with Crippen molar-refractivity contribution < 1.29 is 9.59 Å². The molecule has 2 amide bonds. The Bertz CT molecular complexity index is 672. The molecule has 1 heterocycles. The van der Waals surface area contributed by atoms with Gasteiger partial charge in [-0.2, -0.15) is 0 Å². The van der Waals surface area contributed by atoms with Gasteiger partial charge in [0, 0.05) is 37.5 Å². The molecule has 8 heteroatoms. The summed E-state index contributed by atoms with van der Waals surface area (Å²) in [5, 5.41) is 8.83. The number of nitrogens with one attached hydrogen (secondary N) is 3. The number of halogens is 2. The molecular weight excluding hydrogens is 387 g/mol. The minimum atomic E-state index is -0.654. The van der Waals surface area contributed by atoms with Gasteiger partial charge in [-0.15, -0.1) is 24.8 Å². The summed E-state index contributed by atoms with van der Waals surface area (Å²) >= 11 is 0. The van der Waals surface area contributed by atoms with Crippen LogP contribution in [0.5, 0.6) is 0 Å². The number of aromatic nitrogens is 1. The normalized spacial score (nSPS) is 10.7. The Kier molecular flexibility index (Phi) is 12.9. The van der Waals surface area contributed by atoms with Gasteiger partial charge in [-0.1, -0.05) is 31.2 Å². The predicted octanol–water partition coefficient (Wildman–Crippen LogP) is 1.99. The predicted molar refractivity (Wildman–Crippen MR) is 112 cm³/mol. The van der Waals surface area contributed by atoms with Gasteiger partial charge in [-0.25, -0.2) is 0 Å². The first-order valence-corrected chi connectivity index (χ1v) is 8.44. The van der Waals surface area contributed by atoms with Gasteiger partial charge in [0.15, 0.2) is 0 Å². The average Bonchev–Trinajstić information content (AvgIpc) is 2.66. The van der Waals surface area contributed by atoms with Crippen molar-refractivity contribution in [3.8, 4) is 0 Å². The largest absolute Gasteiger partial charge is 0.353 e. The molecule has 0 aliphatic carbocycles. The highest BCUT2D eigenvalue weighted by atomic mass is 35.5. The summed E-state index contributed by atoms with van der Waals surface area (Å²) in [6, 6.07) is 11.9. The van der Waals surface area contributed by atoms with Gasteiger partial charge >= 0.3 is 0 Å². The molecule has 0 bridgehead atoms. The zero-order chi connectivity index (χ0) is 17.9. The van der Waals surface area contributed by atoms with Crippen LogP contribution in [0.25, 0.3) is 0 Å². The lowest BCUT2D eigenvalue weighted by Crippen LogP contribution is -2.49. The van der Waals surface area contributed by atoms with Crippen molar-refractivity contribution in [2.24, 2.45) is 0 Å². The maximum absolute atomic E-state index is 12.5. The Morgan fingerprint density at radius 3 is 2.41 bits per heavy atom. The van der Waals surface area contributed by atoms with Gasteiger partial charge in [0.1, 0.15) is 6.04 Å². The summed E-state index contributed by atoms with van der Waals surface area (Å²) in [4.78, 5) is 29.0. The number of likely N-dealkylation sites (N-methyl/N-ethyl adjacent to an activating group) is 1. The van der Waals surface area contributed by atoms with E-state index in [2.05, 4.69) is 20.9 Å². The van der Waals surface area contributed by atoms with Crippen LogP contribution in [-0.2, 0) is 11.2 Å². The first-order valence-electron chi connectivity index (χ1n) is 8.44. The molecule has 3 N–H and O–H groups in total. The SMILES string of the molecule is CCNCCNC(=O)C(Cc1cccnc1)NC(=O)c1ccccc1.Cl.Cl. The fourth-order valence-corrected chi connectivity index (χ4v) is 2.37.